The molecule has 2 aromatic carbocycles. The Kier molecular flexibility index (Phi) is 4.86. The van der Waals surface area contributed by atoms with Crippen LogP contribution in [-0.4, -0.2) is 13.7 Å². The van der Waals surface area contributed by atoms with Crippen LogP contribution in [0.3, 0.4) is 0 Å². The van der Waals surface area contributed by atoms with E-state index in [1.54, 1.807) is 7.11 Å². The number of nitrogens with two attached hydrogens (primary N) is 1. The second kappa shape index (κ2) is 6.64. The van der Waals surface area contributed by atoms with E-state index in [4.69, 9.17) is 10.5 Å². The third-order valence-electron chi connectivity index (χ3n) is 3.73. The maximum absolute atomic E-state index is 6.19. The normalized spacial score (nSPS) is 12.0. The van der Waals surface area contributed by atoms with Crippen LogP contribution in [0.4, 0.5) is 11.4 Å². The van der Waals surface area contributed by atoms with E-state index in [0.29, 0.717) is 0 Å². The molecule has 0 aliphatic carbocycles. The fourth-order valence-corrected chi connectivity index (χ4v) is 2.74. The number of hydrogen-bond acceptors (Lipinski definition) is 3. The molecule has 112 valence electrons. The van der Waals surface area contributed by atoms with Gasteiger partial charge in [0.2, 0.25) is 0 Å². The topological polar surface area (TPSA) is 38.5 Å². The Morgan fingerprint density at radius 3 is 2.33 bits per heavy atom. The van der Waals surface area contributed by atoms with Crippen molar-refractivity contribution in [2.24, 2.45) is 5.73 Å². The van der Waals surface area contributed by atoms with Crippen molar-refractivity contribution in [1.82, 2.24) is 0 Å². The third kappa shape index (κ3) is 3.03. The molecule has 0 aromatic heterocycles. The van der Waals surface area contributed by atoms with Gasteiger partial charge in [-0.05, 0) is 44.5 Å². The molecule has 0 unspecified atom stereocenters. The number of aryl methyl sites for hydroxylation is 1. The number of nitrogens with zero attached hydrogens (tertiary/aromatic N) is 1. The van der Waals surface area contributed by atoms with Gasteiger partial charge in [-0.1, -0.05) is 24.3 Å². The van der Waals surface area contributed by atoms with Gasteiger partial charge in [0.1, 0.15) is 5.75 Å². The molecule has 0 spiro atoms. The van der Waals surface area contributed by atoms with Gasteiger partial charge in [-0.15, -0.1) is 0 Å². The summed E-state index contributed by atoms with van der Waals surface area (Å²) in [6.45, 7) is 7.14. The van der Waals surface area contributed by atoms with E-state index in [1.807, 2.05) is 19.1 Å². The van der Waals surface area contributed by atoms with E-state index in [9.17, 15) is 0 Å². The lowest BCUT2D eigenvalue weighted by Crippen LogP contribution is -2.21. The van der Waals surface area contributed by atoms with Crippen LogP contribution in [0.5, 0.6) is 5.75 Å². The molecule has 2 aromatic rings. The lowest BCUT2D eigenvalue weighted by atomic mass is 10.0. The summed E-state index contributed by atoms with van der Waals surface area (Å²) in [4.78, 5) is 2.29. The van der Waals surface area contributed by atoms with E-state index in [2.05, 4.69) is 49.1 Å². The summed E-state index contributed by atoms with van der Waals surface area (Å²) in [5.74, 6) is 0.842. The van der Waals surface area contributed by atoms with Gasteiger partial charge >= 0.3 is 0 Å². The maximum atomic E-state index is 6.19. The third-order valence-corrected chi connectivity index (χ3v) is 3.73. The van der Waals surface area contributed by atoms with E-state index < -0.39 is 0 Å². The molecule has 0 saturated heterocycles. The molecule has 0 bridgehead atoms. The van der Waals surface area contributed by atoms with E-state index in [-0.39, 0.29) is 6.04 Å². The van der Waals surface area contributed by atoms with Crippen LogP contribution in [0.15, 0.2) is 42.5 Å². The number of hydrogen-bond donors (Lipinski definition) is 1. The monoisotopic (exact) mass is 284 g/mol. The van der Waals surface area contributed by atoms with Gasteiger partial charge in [0.15, 0.2) is 0 Å². The molecule has 0 aliphatic heterocycles. The van der Waals surface area contributed by atoms with Crippen molar-refractivity contribution in [3.8, 4) is 5.75 Å². The van der Waals surface area contributed by atoms with E-state index >= 15 is 0 Å². The number of ether oxygens (including phenoxy) is 1. The van der Waals surface area contributed by atoms with E-state index in [0.717, 1.165) is 23.5 Å². The minimum Gasteiger partial charge on any atom is -0.496 e. The Balaban J connectivity index is 2.61. The first-order chi connectivity index (χ1) is 10.1. The predicted octanol–water partition coefficient (Wildman–Crippen LogP) is 4.18. The van der Waals surface area contributed by atoms with Crippen LogP contribution in [0.2, 0.25) is 0 Å². The quantitative estimate of drug-likeness (QED) is 0.895. The summed E-state index contributed by atoms with van der Waals surface area (Å²) in [6, 6.07) is 14.4. The van der Waals surface area contributed by atoms with Crippen LogP contribution < -0.4 is 15.4 Å². The molecule has 2 N–H and O–H groups in total. The SMILES string of the molecule is CCN(c1ccccc1C)c1cccc(OC)c1[C@@H](C)N. The summed E-state index contributed by atoms with van der Waals surface area (Å²) < 4.78 is 5.50. The summed E-state index contributed by atoms with van der Waals surface area (Å²) >= 11 is 0. The van der Waals surface area contributed by atoms with Gasteiger partial charge < -0.3 is 15.4 Å². The summed E-state index contributed by atoms with van der Waals surface area (Å²) in [6.07, 6.45) is 0. The van der Waals surface area contributed by atoms with Crippen LogP contribution in [0, 0.1) is 6.92 Å². The summed E-state index contributed by atoms with van der Waals surface area (Å²) in [5, 5.41) is 0. The Morgan fingerprint density at radius 1 is 1.10 bits per heavy atom. The van der Waals surface area contributed by atoms with Crippen molar-refractivity contribution >= 4 is 11.4 Å². The highest BCUT2D eigenvalue weighted by Crippen LogP contribution is 2.37. The molecular weight excluding hydrogens is 260 g/mol. The number of methoxy groups -OCH3 is 1. The zero-order valence-corrected chi connectivity index (χ0v) is 13.3. The molecule has 3 heteroatoms. The van der Waals surface area contributed by atoms with Crippen molar-refractivity contribution in [3.05, 3.63) is 53.6 Å². The molecule has 0 aliphatic rings. The Morgan fingerprint density at radius 2 is 1.76 bits per heavy atom. The molecule has 3 nitrogen and oxygen atoms in total. The van der Waals surface area contributed by atoms with Gasteiger partial charge in [0, 0.05) is 29.5 Å². The number of anilines is 2. The predicted molar refractivity (Wildman–Crippen MR) is 89.5 cm³/mol. The molecule has 0 amide bonds. The number of rotatable bonds is 5. The fraction of sp³-hybridized carbons (Fsp3) is 0.333. The van der Waals surface area contributed by atoms with Crippen LogP contribution in [-0.2, 0) is 0 Å². The van der Waals surface area contributed by atoms with Gasteiger partial charge in [0.25, 0.3) is 0 Å². The van der Waals surface area contributed by atoms with Crippen molar-refractivity contribution in [2.75, 3.05) is 18.6 Å². The summed E-state index contributed by atoms with van der Waals surface area (Å²) in [7, 11) is 1.69. The van der Waals surface area contributed by atoms with E-state index in [1.165, 1.54) is 11.3 Å². The smallest absolute Gasteiger partial charge is 0.125 e. The van der Waals surface area contributed by atoms with Gasteiger partial charge in [-0.25, -0.2) is 0 Å². The minimum atomic E-state index is -0.0887. The van der Waals surface area contributed by atoms with Crippen LogP contribution in [0.25, 0.3) is 0 Å². The molecular formula is C18H24N2O. The van der Waals surface area contributed by atoms with Crippen molar-refractivity contribution in [2.45, 2.75) is 26.8 Å². The van der Waals surface area contributed by atoms with Gasteiger partial charge in [-0.2, -0.15) is 0 Å². The highest BCUT2D eigenvalue weighted by Gasteiger charge is 2.19. The average Bonchev–Trinajstić information content (AvgIpc) is 2.49. The first-order valence-corrected chi connectivity index (χ1v) is 7.35. The van der Waals surface area contributed by atoms with Crippen LogP contribution >= 0.6 is 0 Å². The molecule has 0 radical (unpaired) electrons. The first kappa shape index (κ1) is 15.4. The molecule has 0 heterocycles. The first-order valence-electron chi connectivity index (χ1n) is 7.35. The fourth-order valence-electron chi connectivity index (χ4n) is 2.74. The van der Waals surface area contributed by atoms with Crippen molar-refractivity contribution in [1.29, 1.82) is 0 Å². The molecule has 2 rings (SSSR count). The Hall–Kier alpha value is -2.00. The standard InChI is InChI=1S/C18H24N2O/c1-5-20(15-10-7-6-9-13(15)2)16-11-8-12-17(21-4)18(16)14(3)19/h6-12,14H,5,19H2,1-4H3/t14-/m1/s1. The molecule has 0 fully saturated rings. The van der Waals surface area contributed by atoms with Gasteiger partial charge in [0.05, 0.1) is 7.11 Å². The lowest BCUT2D eigenvalue weighted by molar-refractivity contribution is 0.407. The highest BCUT2D eigenvalue weighted by molar-refractivity contribution is 5.71. The van der Waals surface area contributed by atoms with Crippen molar-refractivity contribution in [3.63, 3.8) is 0 Å². The Bertz CT molecular complexity index is 608. The zero-order chi connectivity index (χ0) is 15.4. The lowest BCUT2D eigenvalue weighted by Gasteiger charge is -2.29. The zero-order valence-electron chi connectivity index (χ0n) is 13.3. The van der Waals surface area contributed by atoms with Gasteiger partial charge in [-0.3, -0.25) is 0 Å². The number of benzene rings is 2. The largest absolute Gasteiger partial charge is 0.496 e. The molecule has 1 atom stereocenters. The minimum absolute atomic E-state index is 0.0887. The summed E-state index contributed by atoms with van der Waals surface area (Å²) in [5.41, 5.74) is 10.8. The molecule has 0 saturated carbocycles. The maximum Gasteiger partial charge on any atom is 0.125 e. The Labute approximate surface area is 127 Å². The average molecular weight is 284 g/mol. The highest BCUT2D eigenvalue weighted by atomic mass is 16.5. The molecule has 21 heavy (non-hydrogen) atoms. The van der Waals surface area contributed by atoms with Crippen molar-refractivity contribution < 1.29 is 4.74 Å². The second-order valence-corrected chi connectivity index (χ2v) is 5.21. The van der Waals surface area contributed by atoms with Crippen LogP contribution in [0.1, 0.15) is 31.0 Å². The second-order valence-electron chi connectivity index (χ2n) is 5.21. The number of para-hydroxylation sites is 1.